The molecule has 2 atom stereocenters. The Morgan fingerprint density at radius 2 is 2.42 bits per heavy atom. The zero-order valence-corrected chi connectivity index (χ0v) is 15.5. The van der Waals surface area contributed by atoms with Crippen molar-refractivity contribution >= 4 is 17.2 Å². The number of fused-ring (bicyclic) bond motifs is 1. The fourth-order valence-corrected chi connectivity index (χ4v) is 4.50. The number of hydrogen-bond donors (Lipinski definition) is 0. The van der Waals surface area contributed by atoms with Crippen molar-refractivity contribution in [2.24, 2.45) is 5.41 Å². The van der Waals surface area contributed by atoms with Crippen molar-refractivity contribution in [3.05, 3.63) is 22.4 Å². The number of hydrogen-bond acceptors (Lipinski definition) is 5. The van der Waals surface area contributed by atoms with Gasteiger partial charge in [-0.05, 0) is 41.7 Å². The summed E-state index contributed by atoms with van der Waals surface area (Å²) >= 11 is 1.75. The number of ether oxygens (including phenoxy) is 2. The van der Waals surface area contributed by atoms with Crippen LogP contribution in [0.25, 0.3) is 0 Å². The van der Waals surface area contributed by atoms with Gasteiger partial charge in [-0.3, -0.25) is 9.69 Å². The zero-order valence-electron chi connectivity index (χ0n) is 14.7. The average Bonchev–Trinajstić information content (AvgIpc) is 3.07. The van der Waals surface area contributed by atoms with Gasteiger partial charge < -0.3 is 14.4 Å². The SMILES string of the molecule is CN(C)C(=O)COC[C@]12CCCO[C@H]1CCN(Cc1ccsc1)C2. The summed E-state index contributed by atoms with van der Waals surface area (Å²) in [4.78, 5) is 15.9. The van der Waals surface area contributed by atoms with E-state index in [-0.39, 0.29) is 24.0 Å². The van der Waals surface area contributed by atoms with Gasteiger partial charge in [0, 0.05) is 45.8 Å². The smallest absolute Gasteiger partial charge is 0.248 e. The molecule has 2 aliphatic heterocycles. The van der Waals surface area contributed by atoms with Crippen LogP contribution >= 0.6 is 11.3 Å². The molecule has 1 aromatic rings. The molecule has 24 heavy (non-hydrogen) atoms. The first kappa shape index (κ1) is 17.9. The topological polar surface area (TPSA) is 42.0 Å². The van der Waals surface area contributed by atoms with Gasteiger partial charge in [0.2, 0.25) is 5.91 Å². The van der Waals surface area contributed by atoms with Crippen molar-refractivity contribution < 1.29 is 14.3 Å². The molecule has 5 nitrogen and oxygen atoms in total. The van der Waals surface area contributed by atoms with E-state index >= 15 is 0 Å². The molecular formula is C18H28N2O3S. The molecule has 3 heterocycles. The lowest BCUT2D eigenvalue weighted by molar-refractivity contribution is -0.160. The minimum atomic E-state index is 0.0191. The zero-order chi connectivity index (χ0) is 17.0. The second-order valence-electron chi connectivity index (χ2n) is 7.24. The Hall–Kier alpha value is -0.950. The molecule has 134 valence electrons. The van der Waals surface area contributed by atoms with E-state index in [4.69, 9.17) is 9.47 Å². The van der Waals surface area contributed by atoms with Crippen LogP contribution in [0.4, 0.5) is 0 Å². The first-order valence-corrected chi connectivity index (χ1v) is 9.66. The summed E-state index contributed by atoms with van der Waals surface area (Å²) in [6.07, 6.45) is 3.51. The third-order valence-electron chi connectivity index (χ3n) is 5.17. The van der Waals surface area contributed by atoms with E-state index in [0.29, 0.717) is 6.61 Å². The predicted octanol–water partition coefficient (Wildman–Crippen LogP) is 2.22. The number of likely N-dealkylation sites (N-methyl/N-ethyl adjacent to an activating group) is 1. The van der Waals surface area contributed by atoms with Crippen LogP contribution in [0, 0.1) is 5.41 Å². The largest absolute Gasteiger partial charge is 0.377 e. The molecule has 0 unspecified atom stereocenters. The summed E-state index contributed by atoms with van der Waals surface area (Å²) in [5.74, 6) is 0.0191. The molecule has 0 bridgehead atoms. The van der Waals surface area contributed by atoms with E-state index in [1.165, 1.54) is 5.56 Å². The van der Waals surface area contributed by atoms with Crippen LogP contribution < -0.4 is 0 Å². The maximum absolute atomic E-state index is 11.8. The number of rotatable bonds is 6. The van der Waals surface area contributed by atoms with E-state index in [9.17, 15) is 4.79 Å². The molecule has 0 N–H and O–H groups in total. The fourth-order valence-electron chi connectivity index (χ4n) is 3.84. The Kier molecular flexibility index (Phi) is 5.92. The van der Waals surface area contributed by atoms with Gasteiger partial charge >= 0.3 is 0 Å². The number of carbonyl (C=O) groups excluding carboxylic acids is 1. The third-order valence-corrected chi connectivity index (χ3v) is 5.90. The number of thiophene rings is 1. The van der Waals surface area contributed by atoms with E-state index in [2.05, 4.69) is 21.7 Å². The highest BCUT2D eigenvalue weighted by Gasteiger charge is 2.46. The molecule has 2 saturated heterocycles. The maximum Gasteiger partial charge on any atom is 0.248 e. The van der Waals surface area contributed by atoms with E-state index in [1.54, 1.807) is 30.3 Å². The van der Waals surface area contributed by atoms with Crippen molar-refractivity contribution in [3.8, 4) is 0 Å². The highest BCUT2D eigenvalue weighted by Crippen LogP contribution is 2.40. The summed E-state index contributed by atoms with van der Waals surface area (Å²) in [6, 6.07) is 2.20. The summed E-state index contributed by atoms with van der Waals surface area (Å²) in [7, 11) is 3.53. The van der Waals surface area contributed by atoms with Crippen LogP contribution in [-0.4, -0.2) is 68.8 Å². The highest BCUT2D eigenvalue weighted by atomic mass is 32.1. The first-order valence-electron chi connectivity index (χ1n) is 8.72. The van der Waals surface area contributed by atoms with Crippen molar-refractivity contribution in [3.63, 3.8) is 0 Å². The van der Waals surface area contributed by atoms with Crippen molar-refractivity contribution in [2.45, 2.75) is 31.9 Å². The molecule has 0 saturated carbocycles. The molecule has 0 spiro atoms. The summed E-state index contributed by atoms with van der Waals surface area (Å²) < 4.78 is 11.9. The molecular weight excluding hydrogens is 324 g/mol. The lowest BCUT2D eigenvalue weighted by Gasteiger charge is -2.50. The minimum Gasteiger partial charge on any atom is -0.377 e. The van der Waals surface area contributed by atoms with Crippen LogP contribution in [-0.2, 0) is 20.8 Å². The average molecular weight is 352 g/mol. The van der Waals surface area contributed by atoms with Gasteiger partial charge in [0.1, 0.15) is 6.61 Å². The first-order chi connectivity index (χ1) is 11.6. The fraction of sp³-hybridized carbons (Fsp3) is 0.722. The van der Waals surface area contributed by atoms with E-state index in [1.807, 2.05) is 0 Å². The van der Waals surface area contributed by atoms with Crippen LogP contribution in [0.5, 0.6) is 0 Å². The maximum atomic E-state index is 11.8. The summed E-state index contributed by atoms with van der Waals surface area (Å²) in [5, 5.41) is 4.36. The normalized spacial score (nSPS) is 27.7. The quantitative estimate of drug-likeness (QED) is 0.787. The van der Waals surface area contributed by atoms with E-state index < -0.39 is 0 Å². The van der Waals surface area contributed by atoms with Crippen LogP contribution in [0.1, 0.15) is 24.8 Å². The van der Waals surface area contributed by atoms with Gasteiger partial charge in [-0.25, -0.2) is 0 Å². The van der Waals surface area contributed by atoms with Gasteiger partial charge in [-0.2, -0.15) is 11.3 Å². The molecule has 1 amide bonds. The molecule has 3 rings (SSSR count). The Balaban J connectivity index is 1.62. The Labute approximate surface area is 148 Å². The van der Waals surface area contributed by atoms with Gasteiger partial charge in [-0.1, -0.05) is 0 Å². The van der Waals surface area contributed by atoms with Crippen molar-refractivity contribution in [1.29, 1.82) is 0 Å². The second kappa shape index (κ2) is 7.95. The highest BCUT2D eigenvalue weighted by molar-refractivity contribution is 7.07. The number of likely N-dealkylation sites (tertiary alicyclic amines) is 1. The van der Waals surface area contributed by atoms with Gasteiger partial charge in [0.25, 0.3) is 0 Å². The summed E-state index contributed by atoms with van der Waals surface area (Å²) in [5.41, 5.74) is 1.41. The van der Waals surface area contributed by atoms with E-state index in [0.717, 1.165) is 45.5 Å². The molecule has 2 fully saturated rings. The molecule has 2 aliphatic rings. The summed E-state index contributed by atoms with van der Waals surface area (Å²) in [6.45, 7) is 4.67. The molecule has 1 aromatic heterocycles. The van der Waals surface area contributed by atoms with Gasteiger partial charge in [0.15, 0.2) is 0 Å². The lowest BCUT2D eigenvalue weighted by Crippen LogP contribution is -2.56. The number of carbonyl (C=O) groups is 1. The molecule has 0 aromatic carbocycles. The Morgan fingerprint density at radius 3 is 3.17 bits per heavy atom. The van der Waals surface area contributed by atoms with Crippen molar-refractivity contribution in [1.82, 2.24) is 9.80 Å². The predicted molar refractivity (Wildman–Crippen MR) is 95.1 cm³/mol. The second-order valence-corrected chi connectivity index (χ2v) is 8.02. The van der Waals surface area contributed by atoms with Gasteiger partial charge in [0.05, 0.1) is 12.7 Å². The van der Waals surface area contributed by atoms with Crippen LogP contribution in [0.2, 0.25) is 0 Å². The standard InChI is InChI=1S/C18H28N2O3S/c1-19(2)17(21)11-22-14-18-6-3-8-23-16(18)4-7-20(13-18)10-15-5-9-24-12-15/h5,9,12,16H,3-4,6-8,10-11,13-14H2,1-2H3/t16-,18+/m0/s1. The van der Waals surface area contributed by atoms with Crippen LogP contribution in [0.15, 0.2) is 16.8 Å². The van der Waals surface area contributed by atoms with Gasteiger partial charge in [-0.15, -0.1) is 0 Å². The van der Waals surface area contributed by atoms with Crippen LogP contribution in [0.3, 0.4) is 0 Å². The molecule has 0 radical (unpaired) electrons. The number of amides is 1. The lowest BCUT2D eigenvalue weighted by atomic mass is 9.73. The molecule has 6 heteroatoms. The van der Waals surface area contributed by atoms with Crippen molar-refractivity contribution in [2.75, 3.05) is 47.0 Å². The number of nitrogens with zero attached hydrogens (tertiary/aromatic N) is 2. The third kappa shape index (κ3) is 4.17. The minimum absolute atomic E-state index is 0.0191. The Morgan fingerprint density at radius 1 is 1.54 bits per heavy atom. The monoisotopic (exact) mass is 352 g/mol. The Bertz CT molecular complexity index is 534. The molecule has 0 aliphatic carbocycles. The number of piperidine rings is 1.